The molecule has 0 saturated carbocycles. The molecule has 1 aliphatic heterocycles. The summed E-state index contributed by atoms with van der Waals surface area (Å²) in [5.41, 5.74) is 0. The monoisotopic (exact) mass is 266 g/mol. The van der Waals surface area contributed by atoms with E-state index in [-0.39, 0.29) is 0 Å². The fraction of sp³-hybridized carbons (Fsp3) is 0.692. The highest BCUT2D eigenvalue weighted by Crippen LogP contribution is 2.27. The molecule has 1 aromatic rings. The molecule has 1 aromatic heterocycles. The van der Waals surface area contributed by atoms with Crippen molar-refractivity contribution in [3.63, 3.8) is 0 Å². The molecule has 0 aliphatic carbocycles. The first-order valence-corrected chi connectivity index (χ1v) is 7.72. The number of nitrogens with one attached hydrogen (secondary N) is 1. The van der Waals surface area contributed by atoms with Gasteiger partial charge in [0, 0.05) is 26.2 Å². The zero-order chi connectivity index (χ0) is 13.1. The van der Waals surface area contributed by atoms with Crippen LogP contribution >= 0.6 is 11.8 Å². The van der Waals surface area contributed by atoms with E-state index in [2.05, 4.69) is 34.0 Å². The number of piperidine rings is 1. The Balaban J connectivity index is 2.22. The second-order valence-corrected chi connectivity index (χ2v) is 5.81. The zero-order valence-electron chi connectivity index (χ0n) is 11.6. The van der Waals surface area contributed by atoms with Crippen molar-refractivity contribution in [2.75, 3.05) is 36.6 Å². The molecule has 1 aliphatic rings. The predicted octanol–water partition coefficient (Wildman–Crippen LogP) is 2.72. The molecule has 2 atom stereocenters. The van der Waals surface area contributed by atoms with E-state index in [1.165, 1.54) is 6.42 Å². The lowest BCUT2D eigenvalue weighted by atomic mass is 9.89. The lowest BCUT2D eigenvalue weighted by molar-refractivity contribution is 0.322. The minimum atomic E-state index is 0.726. The Morgan fingerprint density at radius 3 is 2.72 bits per heavy atom. The molecule has 0 aromatic carbocycles. The van der Waals surface area contributed by atoms with E-state index in [1.807, 2.05) is 19.4 Å². The molecule has 100 valence electrons. The molecule has 5 heteroatoms. The summed E-state index contributed by atoms with van der Waals surface area (Å²) in [7, 11) is 1.90. The Hall–Kier alpha value is -0.970. The summed E-state index contributed by atoms with van der Waals surface area (Å²) in [6.07, 6.45) is 3.26. The van der Waals surface area contributed by atoms with Gasteiger partial charge < -0.3 is 10.2 Å². The molecule has 1 saturated heterocycles. The van der Waals surface area contributed by atoms with Gasteiger partial charge >= 0.3 is 0 Å². The fourth-order valence-electron chi connectivity index (χ4n) is 2.27. The Morgan fingerprint density at radius 2 is 2.11 bits per heavy atom. The highest BCUT2D eigenvalue weighted by atomic mass is 32.2. The van der Waals surface area contributed by atoms with Gasteiger partial charge in [-0.15, -0.1) is 0 Å². The lowest BCUT2D eigenvalue weighted by Crippen LogP contribution is -2.39. The SMILES string of the molecule is CNc1cc(N2CCC(C)C(C)C2)nc(SC)n1. The van der Waals surface area contributed by atoms with Crippen LogP contribution in [0, 0.1) is 11.8 Å². The van der Waals surface area contributed by atoms with Gasteiger partial charge in [-0.3, -0.25) is 0 Å². The number of rotatable bonds is 3. The van der Waals surface area contributed by atoms with Crippen LogP contribution in [0.3, 0.4) is 0 Å². The molecule has 1 N–H and O–H groups in total. The quantitative estimate of drug-likeness (QED) is 0.673. The smallest absolute Gasteiger partial charge is 0.191 e. The number of hydrogen-bond donors (Lipinski definition) is 1. The third kappa shape index (κ3) is 2.88. The maximum Gasteiger partial charge on any atom is 0.191 e. The van der Waals surface area contributed by atoms with Crippen LogP contribution in [0.1, 0.15) is 20.3 Å². The average molecular weight is 266 g/mol. The second-order valence-electron chi connectivity index (χ2n) is 5.04. The molecule has 0 radical (unpaired) electrons. The fourth-order valence-corrected chi connectivity index (χ4v) is 2.64. The minimum Gasteiger partial charge on any atom is -0.373 e. The molecule has 2 heterocycles. The number of aromatic nitrogens is 2. The van der Waals surface area contributed by atoms with Crippen LogP contribution in [0.5, 0.6) is 0 Å². The van der Waals surface area contributed by atoms with Gasteiger partial charge in [0.05, 0.1) is 0 Å². The van der Waals surface area contributed by atoms with E-state index >= 15 is 0 Å². The van der Waals surface area contributed by atoms with E-state index in [0.29, 0.717) is 0 Å². The summed E-state index contributed by atoms with van der Waals surface area (Å²) in [4.78, 5) is 11.4. The van der Waals surface area contributed by atoms with E-state index in [9.17, 15) is 0 Å². The largest absolute Gasteiger partial charge is 0.373 e. The van der Waals surface area contributed by atoms with Crippen LogP contribution in [0.2, 0.25) is 0 Å². The molecule has 2 unspecified atom stereocenters. The van der Waals surface area contributed by atoms with Crippen LogP contribution in [-0.4, -0.2) is 36.4 Å². The van der Waals surface area contributed by atoms with E-state index in [4.69, 9.17) is 0 Å². The van der Waals surface area contributed by atoms with Crippen molar-refractivity contribution in [3.05, 3.63) is 6.07 Å². The topological polar surface area (TPSA) is 41.0 Å². The summed E-state index contributed by atoms with van der Waals surface area (Å²) in [5, 5.41) is 3.95. The molecule has 2 rings (SSSR count). The Labute approximate surface area is 114 Å². The first-order valence-electron chi connectivity index (χ1n) is 6.49. The van der Waals surface area contributed by atoms with E-state index in [0.717, 1.165) is 41.7 Å². The van der Waals surface area contributed by atoms with Gasteiger partial charge in [0.15, 0.2) is 5.16 Å². The Bertz CT molecular complexity index is 388. The van der Waals surface area contributed by atoms with Gasteiger partial charge in [-0.1, -0.05) is 25.6 Å². The predicted molar refractivity (Wildman–Crippen MR) is 78.5 cm³/mol. The summed E-state index contributed by atoms with van der Waals surface area (Å²) in [6, 6.07) is 2.04. The first kappa shape index (κ1) is 13.5. The maximum absolute atomic E-state index is 4.62. The van der Waals surface area contributed by atoms with Crippen LogP contribution in [0.15, 0.2) is 11.2 Å². The normalized spacial score (nSPS) is 24.1. The maximum atomic E-state index is 4.62. The summed E-state index contributed by atoms with van der Waals surface area (Å²) < 4.78 is 0. The van der Waals surface area contributed by atoms with Crippen molar-refractivity contribution in [1.82, 2.24) is 9.97 Å². The third-order valence-electron chi connectivity index (χ3n) is 3.79. The number of anilines is 2. The molecule has 0 spiro atoms. The van der Waals surface area contributed by atoms with Gasteiger partial charge in [0.2, 0.25) is 0 Å². The van der Waals surface area contributed by atoms with Gasteiger partial charge in [0.25, 0.3) is 0 Å². The standard InChI is InChI=1S/C13H22N4S/c1-9-5-6-17(8-10(9)2)12-7-11(14-3)15-13(16-12)18-4/h7,9-10H,5-6,8H2,1-4H3,(H,14,15,16). The van der Waals surface area contributed by atoms with Crippen molar-refractivity contribution < 1.29 is 0 Å². The number of nitrogens with zero attached hydrogens (tertiary/aromatic N) is 3. The van der Waals surface area contributed by atoms with Crippen LogP contribution in [0.4, 0.5) is 11.6 Å². The van der Waals surface area contributed by atoms with Crippen molar-refractivity contribution in [1.29, 1.82) is 0 Å². The van der Waals surface area contributed by atoms with Gasteiger partial charge in [-0.25, -0.2) is 9.97 Å². The van der Waals surface area contributed by atoms with E-state index < -0.39 is 0 Å². The van der Waals surface area contributed by atoms with Crippen molar-refractivity contribution in [2.24, 2.45) is 11.8 Å². The molecule has 4 nitrogen and oxygen atoms in total. The highest BCUT2D eigenvalue weighted by Gasteiger charge is 2.24. The third-order valence-corrected chi connectivity index (χ3v) is 4.34. The molecule has 1 fully saturated rings. The summed E-state index contributed by atoms with van der Waals surface area (Å²) in [6.45, 7) is 6.86. The molecular weight excluding hydrogens is 244 g/mol. The molecular formula is C13H22N4S. The average Bonchev–Trinajstić information content (AvgIpc) is 2.41. The van der Waals surface area contributed by atoms with Crippen molar-refractivity contribution in [3.8, 4) is 0 Å². The molecule has 18 heavy (non-hydrogen) atoms. The summed E-state index contributed by atoms with van der Waals surface area (Å²) in [5.74, 6) is 3.49. The van der Waals surface area contributed by atoms with Gasteiger partial charge in [-0.05, 0) is 24.5 Å². The highest BCUT2D eigenvalue weighted by molar-refractivity contribution is 7.98. The number of thioether (sulfide) groups is 1. The van der Waals surface area contributed by atoms with Crippen LogP contribution in [0.25, 0.3) is 0 Å². The minimum absolute atomic E-state index is 0.726. The second kappa shape index (κ2) is 5.78. The molecule has 0 amide bonds. The molecule has 0 bridgehead atoms. The Morgan fingerprint density at radius 1 is 1.33 bits per heavy atom. The summed E-state index contributed by atoms with van der Waals surface area (Å²) >= 11 is 1.59. The Kier molecular flexibility index (Phi) is 4.32. The lowest BCUT2D eigenvalue weighted by Gasteiger charge is -2.36. The van der Waals surface area contributed by atoms with Gasteiger partial charge in [0.1, 0.15) is 11.6 Å². The van der Waals surface area contributed by atoms with Crippen molar-refractivity contribution >= 4 is 23.4 Å². The number of hydrogen-bond acceptors (Lipinski definition) is 5. The van der Waals surface area contributed by atoms with Gasteiger partial charge in [-0.2, -0.15) is 0 Å². The van der Waals surface area contributed by atoms with E-state index in [1.54, 1.807) is 11.8 Å². The van der Waals surface area contributed by atoms with Crippen molar-refractivity contribution in [2.45, 2.75) is 25.4 Å². The first-order chi connectivity index (χ1) is 8.63. The van der Waals surface area contributed by atoms with Crippen LogP contribution in [-0.2, 0) is 0 Å². The zero-order valence-corrected chi connectivity index (χ0v) is 12.4. The van der Waals surface area contributed by atoms with Crippen LogP contribution < -0.4 is 10.2 Å².